The van der Waals surface area contributed by atoms with Crippen molar-refractivity contribution in [1.29, 1.82) is 0 Å². The first-order chi connectivity index (χ1) is 7.18. The third kappa shape index (κ3) is 1.82. The Morgan fingerprint density at radius 2 is 2.20 bits per heavy atom. The normalized spacial score (nSPS) is 18.4. The molecule has 2 amide bonds. The Kier molecular flexibility index (Phi) is 2.39. The van der Waals surface area contributed by atoms with Gasteiger partial charge < -0.3 is 11.1 Å². The van der Waals surface area contributed by atoms with Crippen molar-refractivity contribution in [3.05, 3.63) is 29.8 Å². The van der Waals surface area contributed by atoms with Gasteiger partial charge in [-0.25, -0.2) is 0 Å². The number of amides is 2. The molecule has 1 unspecified atom stereocenters. The zero-order chi connectivity index (χ0) is 10.8. The molecule has 15 heavy (non-hydrogen) atoms. The van der Waals surface area contributed by atoms with Crippen molar-refractivity contribution in [2.45, 2.75) is 6.04 Å². The van der Waals surface area contributed by atoms with Gasteiger partial charge in [0.05, 0.1) is 6.54 Å². The Morgan fingerprint density at radius 1 is 1.47 bits per heavy atom. The first-order valence-corrected chi connectivity index (χ1v) is 4.60. The predicted molar refractivity (Wildman–Crippen MR) is 55.0 cm³/mol. The maximum atomic E-state index is 11.5. The summed E-state index contributed by atoms with van der Waals surface area (Å²) in [6, 6.07) is 6.87. The molecule has 0 radical (unpaired) electrons. The Hall–Kier alpha value is -1.88. The highest BCUT2D eigenvalue weighted by Crippen LogP contribution is 2.29. The number of hydrogen-bond donors (Lipinski definition) is 3. The van der Waals surface area contributed by atoms with Crippen LogP contribution >= 0.6 is 0 Å². The van der Waals surface area contributed by atoms with Crippen LogP contribution in [0.25, 0.3) is 0 Å². The molecule has 5 nitrogen and oxygen atoms in total. The van der Waals surface area contributed by atoms with E-state index in [4.69, 9.17) is 5.73 Å². The summed E-state index contributed by atoms with van der Waals surface area (Å²) in [5.41, 5.74) is 6.64. The summed E-state index contributed by atoms with van der Waals surface area (Å²) in [4.78, 5) is 22.1. The number of nitrogens with two attached hydrogens (primary N) is 1. The van der Waals surface area contributed by atoms with Crippen molar-refractivity contribution in [2.75, 3.05) is 11.9 Å². The lowest BCUT2D eigenvalue weighted by molar-refractivity contribution is -0.119. The Bertz CT molecular complexity index is 417. The monoisotopic (exact) mass is 205 g/mol. The molecule has 0 bridgehead atoms. The summed E-state index contributed by atoms with van der Waals surface area (Å²) in [5, 5.41) is 5.52. The highest BCUT2D eigenvalue weighted by Gasteiger charge is 2.29. The van der Waals surface area contributed by atoms with Gasteiger partial charge in [-0.1, -0.05) is 18.2 Å². The SMILES string of the molecule is NC(=O)CNC1C(=O)Nc2ccccc21. The molecule has 1 atom stereocenters. The number of rotatable bonds is 3. The zero-order valence-electron chi connectivity index (χ0n) is 7.99. The van der Waals surface area contributed by atoms with Crippen LogP contribution in [0.2, 0.25) is 0 Å². The highest BCUT2D eigenvalue weighted by atomic mass is 16.2. The zero-order valence-corrected chi connectivity index (χ0v) is 7.99. The molecule has 0 aromatic heterocycles. The van der Waals surface area contributed by atoms with E-state index in [0.29, 0.717) is 0 Å². The van der Waals surface area contributed by atoms with Gasteiger partial charge in [-0.05, 0) is 6.07 Å². The lowest BCUT2D eigenvalue weighted by atomic mass is 10.1. The van der Waals surface area contributed by atoms with E-state index < -0.39 is 11.9 Å². The molecule has 2 rings (SSSR count). The first kappa shape index (κ1) is 9.67. The van der Waals surface area contributed by atoms with Crippen molar-refractivity contribution in [1.82, 2.24) is 5.32 Å². The maximum Gasteiger partial charge on any atom is 0.246 e. The molecule has 1 aliphatic heterocycles. The number of primary amides is 1. The summed E-state index contributed by atoms with van der Waals surface area (Å²) in [5.74, 6) is -0.635. The quantitative estimate of drug-likeness (QED) is 0.636. The number of hydrogen-bond acceptors (Lipinski definition) is 3. The van der Waals surface area contributed by atoms with Gasteiger partial charge in [0.1, 0.15) is 6.04 Å². The van der Waals surface area contributed by atoms with E-state index in [-0.39, 0.29) is 12.5 Å². The Balaban J connectivity index is 2.18. The van der Waals surface area contributed by atoms with E-state index in [1.807, 2.05) is 24.3 Å². The third-order valence-corrected chi connectivity index (χ3v) is 2.27. The number of fused-ring (bicyclic) bond motifs is 1. The summed E-state index contributed by atoms with van der Waals surface area (Å²) in [7, 11) is 0. The van der Waals surface area contributed by atoms with Crippen molar-refractivity contribution >= 4 is 17.5 Å². The number of nitrogens with one attached hydrogen (secondary N) is 2. The number of carbonyl (C=O) groups excluding carboxylic acids is 2. The van der Waals surface area contributed by atoms with Crippen LogP contribution in [0.5, 0.6) is 0 Å². The van der Waals surface area contributed by atoms with Gasteiger partial charge in [0.25, 0.3) is 0 Å². The van der Waals surface area contributed by atoms with E-state index in [2.05, 4.69) is 10.6 Å². The Labute approximate surface area is 86.6 Å². The van der Waals surface area contributed by atoms with Crippen LogP contribution in [0.15, 0.2) is 24.3 Å². The van der Waals surface area contributed by atoms with Gasteiger partial charge in [-0.3, -0.25) is 14.9 Å². The molecule has 0 spiro atoms. The summed E-state index contributed by atoms with van der Waals surface area (Å²) in [6.45, 7) is -0.00752. The van der Waals surface area contributed by atoms with E-state index >= 15 is 0 Å². The van der Waals surface area contributed by atoms with Gasteiger partial charge in [0.2, 0.25) is 11.8 Å². The molecule has 1 aliphatic rings. The fraction of sp³-hybridized carbons (Fsp3) is 0.200. The minimum Gasteiger partial charge on any atom is -0.369 e. The molecule has 0 fully saturated rings. The van der Waals surface area contributed by atoms with Gasteiger partial charge in [0.15, 0.2) is 0 Å². The lowest BCUT2D eigenvalue weighted by Crippen LogP contribution is -2.34. The predicted octanol–water partition coefficient (Wildman–Crippen LogP) is -0.245. The second-order valence-electron chi connectivity index (χ2n) is 3.36. The fourth-order valence-corrected chi connectivity index (χ4v) is 1.61. The Morgan fingerprint density at radius 3 is 2.93 bits per heavy atom. The smallest absolute Gasteiger partial charge is 0.246 e. The number of carbonyl (C=O) groups is 2. The maximum absolute atomic E-state index is 11.5. The fourth-order valence-electron chi connectivity index (χ4n) is 1.61. The van der Waals surface area contributed by atoms with E-state index in [0.717, 1.165) is 11.3 Å². The van der Waals surface area contributed by atoms with Crippen LogP contribution in [0.3, 0.4) is 0 Å². The van der Waals surface area contributed by atoms with E-state index in [1.54, 1.807) is 0 Å². The largest absolute Gasteiger partial charge is 0.369 e. The van der Waals surface area contributed by atoms with Gasteiger partial charge in [0, 0.05) is 11.3 Å². The van der Waals surface area contributed by atoms with Crippen molar-refractivity contribution in [3.8, 4) is 0 Å². The van der Waals surface area contributed by atoms with Crippen LogP contribution in [0.1, 0.15) is 11.6 Å². The lowest BCUT2D eigenvalue weighted by Gasteiger charge is -2.08. The van der Waals surface area contributed by atoms with Crippen LogP contribution in [-0.2, 0) is 9.59 Å². The molecule has 1 aromatic carbocycles. The van der Waals surface area contributed by atoms with Crippen LogP contribution in [0, 0.1) is 0 Å². The number of benzene rings is 1. The average Bonchev–Trinajstić information content (AvgIpc) is 2.50. The van der Waals surface area contributed by atoms with Crippen molar-refractivity contribution < 1.29 is 9.59 Å². The third-order valence-electron chi connectivity index (χ3n) is 2.27. The molecular formula is C10H11N3O2. The first-order valence-electron chi connectivity index (χ1n) is 4.60. The van der Waals surface area contributed by atoms with Crippen molar-refractivity contribution in [3.63, 3.8) is 0 Å². The molecule has 0 saturated carbocycles. The van der Waals surface area contributed by atoms with Gasteiger partial charge in [-0.15, -0.1) is 0 Å². The molecule has 0 aliphatic carbocycles. The van der Waals surface area contributed by atoms with Crippen molar-refractivity contribution in [2.24, 2.45) is 5.73 Å². The minimum absolute atomic E-state index is 0.00752. The molecule has 0 saturated heterocycles. The summed E-state index contributed by atoms with van der Waals surface area (Å²) < 4.78 is 0. The summed E-state index contributed by atoms with van der Waals surface area (Å²) in [6.07, 6.45) is 0. The van der Waals surface area contributed by atoms with Gasteiger partial charge >= 0.3 is 0 Å². The highest BCUT2D eigenvalue weighted by molar-refractivity contribution is 6.02. The number of para-hydroxylation sites is 1. The number of anilines is 1. The molecule has 4 N–H and O–H groups in total. The minimum atomic E-state index is -0.479. The second kappa shape index (κ2) is 3.70. The second-order valence-corrected chi connectivity index (χ2v) is 3.36. The topological polar surface area (TPSA) is 84.2 Å². The summed E-state index contributed by atoms with van der Waals surface area (Å²) >= 11 is 0. The molecule has 5 heteroatoms. The molecule has 1 aromatic rings. The van der Waals surface area contributed by atoms with Crippen LogP contribution in [-0.4, -0.2) is 18.4 Å². The van der Waals surface area contributed by atoms with E-state index in [9.17, 15) is 9.59 Å². The standard InChI is InChI=1S/C10H11N3O2/c11-8(14)5-12-9-6-3-1-2-4-7(6)13-10(9)15/h1-4,9,12H,5H2,(H2,11,14)(H,13,15). The average molecular weight is 205 g/mol. The molecule has 78 valence electrons. The van der Waals surface area contributed by atoms with Crippen LogP contribution < -0.4 is 16.4 Å². The van der Waals surface area contributed by atoms with E-state index in [1.165, 1.54) is 0 Å². The van der Waals surface area contributed by atoms with Gasteiger partial charge in [-0.2, -0.15) is 0 Å². The molecule has 1 heterocycles. The van der Waals surface area contributed by atoms with Crippen LogP contribution in [0.4, 0.5) is 5.69 Å². The molecular weight excluding hydrogens is 194 g/mol.